The van der Waals surface area contributed by atoms with Crippen LogP contribution in [-0.4, -0.2) is 21.7 Å². The maximum absolute atomic E-state index is 12.1. The van der Waals surface area contributed by atoms with Crippen molar-refractivity contribution in [1.82, 2.24) is 9.88 Å². The first kappa shape index (κ1) is 20.7. The Hall–Kier alpha value is -2.07. The molecular weight excluding hydrogens is 348 g/mol. The van der Waals surface area contributed by atoms with Gasteiger partial charge in [-0.2, -0.15) is 0 Å². The zero-order valence-corrected chi connectivity index (χ0v) is 17.9. The Morgan fingerprint density at radius 2 is 1.86 bits per heavy atom. The smallest absolute Gasteiger partial charge is 0.337 e. The molecule has 1 aromatic carbocycles. The summed E-state index contributed by atoms with van der Waals surface area (Å²) in [5.74, 6) is 0.516. The summed E-state index contributed by atoms with van der Waals surface area (Å²) < 4.78 is 2.16. The Balaban J connectivity index is 1.88. The molecule has 1 aliphatic rings. The monoisotopic (exact) mass is 382 g/mol. The number of aryl methyl sites for hydroxylation is 1. The van der Waals surface area contributed by atoms with Crippen LogP contribution in [-0.2, 0) is 13.1 Å². The minimum Gasteiger partial charge on any atom is -0.478 e. The highest BCUT2D eigenvalue weighted by molar-refractivity contribution is 5.91. The number of carbonyl (C=O) groups is 1. The van der Waals surface area contributed by atoms with E-state index in [1.54, 1.807) is 0 Å². The third-order valence-corrected chi connectivity index (χ3v) is 6.96. The lowest BCUT2D eigenvalue weighted by atomic mass is 9.78. The Labute approximate surface area is 169 Å². The van der Waals surface area contributed by atoms with Gasteiger partial charge in [0, 0.05) is 36.1 Å². The molecule has 28 heavy (non-hydrogen) atoms. The van der Waals surface area contributed by atoms with Gasteiger partial charge in [-0.15, -0.1) is 0 Å². The fourth-order valence-corrected chi connectivity index (χ4v) is 4.75. The van der Waals surface area contributed by atoms with Gasteiger partial charge in [0.2, 0.25) is 0 Å². The second-order valence-electron chi connectivity index (χ2n) is 8.60. The summed E-state index contributed by atoms with van der Waals surface area (Å²) >= 11 is 0. The second kappa shape index (κ2) is 8.52. The Morgan fingerprint density at radius 3 is 2.54 bits per heavy atom. The largest absolute Gasteiger partial charge is 0.478 e. The van der Waals surface area contributed by atoms with Gasteiger partial charge in [-0.3, -0.25) is 0 Å². The number of aromatic nitrogens is 1. The van der Waals surface area contributed by atoms with Crippen LogP contribution in [0.25, 0.3) is 0 Å². The molecule has 3 rings (SSSR count). The molecule has 0 radical (unpaired) electrons. The van der Waals surface area contributed by atoms with Gasteiger partial charge in [0.15, 0.2) is 0 Å². The second-order valence-corrected chi connectivity index (χ2v) is 8.60. The molecule has 0 aliphatic heterocycles. The average Bonchev–Trinajstić information content (AvgIpc) is 2.89. The highest BCUT2D eigenvalue weighted by Gasteiger charge is 2.28. The molecule has 3 atom stereocenters. The summed E-state index contributed by atoms with van der Waals surface area (Å²) in [6, 6.07) is 8.78. The van der Waals surface area contributed by atoms with Crippen molar-refractivity contribution >= 4 is 5.97 Å². The SMILES string of the molecule is Cc1ccccc1Cn1c(C)c(CN[C@@H]2CCC[C@H](C)[C@H]2C)c(C(=O)O)c1C. The van der Waals surface area contributed by atoms with Gasteiger partial charge in [0.1, 0.15) is 0 Å². The van der Waals surface area contributed by atoms with Crippen LogP contribution in [0.2, 0.25) is 0 Å². The van der Waals surface area contributed by atoms with Gasteiger partial charge >= 0.3 is 5.97 Å². The molecule has 1 aliphatic carbocycles. The number of hydrogen-bond donors (Lipinski definition) is 2. The van der Waals surface area contributed by atoms with E-state index < -0.39 is 5.97 Å². The zero-order chi connectivity index (χ0) is 20.4. The molecule has 152 valence electrons. The van der Waals surface area contributed by atoms with Crippen LogP contribution in [0, 0.1) is 32.6 Å². The number of rotatable bonds is 6. The van der Waals surface area contributed by atoms with E-state index in [0.29, 0.717) is 30.6 Å². The standard InChI is InChI=1S/C24H34N2O2/c1-15-10-8-12-22(17(15)3)25-13-21-18(4)26(19(5)23(21)24(27)28)14-20-11-7-6-9-16(20)2/h6-7,9,11,15,17,22,25H,8,10,12-14H2,1-5H3,(H,27,28)/t15-,17+,22+/m0/s1. The summed E-state index contributed by atoms with van der Waals surface area (Å²) in [7, 11) is 0. The van der Waals surface area contributed by atoms with E-state index in [1.807, 2.05) is 19.1 Å². The van der Waals surface area contributed by atoms with Crippen molar-refractivity contribution in [1.29, 1.82) is 0 Å². The Morgan fingerprint density at radius 1 is 1.14 bits per heavy atom. The van der Waals surface area contributed by atoms with Crippen LogP contribution < -0.4 is 5.32 Å². The summed E-state index contributed by atoms with van der Waals surface area (Å²) in [4.78, 5) is 12.1. The van der Waals surface area contributed by atoms with E-state index in [9.17, 15) is 9.90 Å². The van der Waals surface area contributed by atoms with E-state index in [0.717, 1.165) is 22.9 Å². The lowest BCUT2D eigenvalue weighted by molar-refractivity contribution is 0.0694. The third kappa shape index (κ3) is 4.02. The van der Waals surface area contributed by atoms with E-state index in [1.165, 1.54) is 30.4 Å². The maximum Gasteiger partial charge on any atom is 0.337 e. The van der Waals surface area contributed by atoms with E-state index >= 15 is 0 Å². The van der Waals surface area contributed by atoms with Gasteiger partial charge in [-0.1, -0.05) is 51.0 Å². The van der Waals surface area contributed by atoms with Gasteiger partial charge in [-0.05, 0) is 50.2 Å². The van der Waals surface area contributed by atoms with Crippen molar-refractivity contribution in [2.24, 2.45) is 11.8 Å². The van der Waals surface area contributed by atoms with Crippen molar-refractivity contribution in [2.75, 3.05) is 0 Å². The summed E-state index contributed by atoms with van der Waals surface area (Å²) in [5.41, 5.74) is 5.77. The van der Waals surface area contributed by atoms with Crippen LogP contribution in [0.15, 0.2) is 24.3 Å². The molecule has 4 heteroatoms. The summed E-state index contributed by atoms with van der Waals surface area (Å²) in [6.07, 6.45) is 3.72. The quantitative estimate of drug-likeness (QED) is 0.733. The molecule has 4 nitrogen and oxygen atoms in total. The Kier molecular flexibility index (Phi) is 6.29. The van der Waals surface area contributed by atoms with E-state index in [4.69, 9.17) is 0 Å². The Bertz CT molecular complexity index is 853. The van der Waals surface area contributed by atoms with Crippen LogP contribution in [0.4, 0.5) is 0 Å². The highest BCUT2D eigenvalue weighted by atomic mass is 16.4. The number of carboxylic acids is 1. The van der Waals surface area contributed by atoms with Crippen molar-refractivity contribution in [2.45, 2.75) is 73.0 Å². The molecule has 0 bridgehead atoms. The minimum absolute atomic E-state index is 0.463. The normalized spacial score (nSPS) is 22.4. The molecule has 2 aromatic rings. The number of aromatic carboxylic acids is 1. The fourth-order valence-electron chi connectivity index (χ4n) is 4.75. The molecule has 1 saturated carbocycles. The van der Waals surface area contributed by atoms with Gasteiger partial charge in [0.05, 0.1) is 5.56 Å². The topological polar surface area (TPSA) is 54.3 Å². The first-order valence-electron chi connectivity index (χ1n) is 10.5. The predicted octanol–water partition coefficient (Wildman–Crippen LogP) is 5.07. The number of hydrogen-bond acceptors (Lipinski definition) is 2. The average molecular weight is 383 g/mol. The number of carboxylic acid groups (broad SMARTS) is 1. The molecular formula is C24H34N2O2. The number of nitrogens with one attached hydrogen (secondary N) is 1. The van der Waals surface area contributed by atoms with Crippen molar-refractivity contribution < 1.29 is 9.90 Å². The molecule has 2 N–H and O–H groups in total. The summed E-state index contributed by atoms with van der Waals surface area (Å²) in [6.45, 7) is 12.1. The number of nitrogens with zero attached hydrogens (tertiary/aromatic N) is 1. The lowest BCUT2D eigenvalue weighted by Gasteiger charge is -2.34. The molecule has 0 unspecified atom stereocenters. The fraction of sp³-hybridized carbons (Fsp3) is 0.542. The molecule has 1 fully saturated rings. The molecule has 0 spiro atoms. The van der Waals surface area contributed by atoms with Crippen LogP contribution in [0.3, 0.4) is 0 Å². The predicted molar refractivity (Wildman–Crippen MR) is 114 cm³/mol. The molecule has 0 amide bonds. The van der Waals surface area contributed by atoms with E-state index in [2.05, 4.69) is 49.7 Å². The van der Waals surface area contributed by atoms with Crippen LogP contribution >= 0.6 is 0 Å². The van der Waals surface area contributed by atoms with Gasteiger partial charge in [0.25, 0.3) is 0 Å². The minimum atomic E-state index is -0.828. The maximum atomic E-state index is 12.1. The molecule has 1 heterocycles. The van der Waals surface area contributed by atoms with Crippen LogP contribution in [0.1, 0.15) is 71.5 Å². The van der Waals surface area contributed by atoms with Crippen LogP contribution in [0.5, 0.6) is 0 Å². The number of benzene rings is 1. The van der Waals surface area contributed by atoms with Gasteiger partial charge < -0.3 is 15.0 Å². The van der Waals surface area contributed by atoms with Crippen molar-refractivity contribution in [3.63, 3.8) is 0 Å². The zero-order valence-electron chi connectivity index (χ0n) is 17.9. The van der Waals surface area contributed by atoms with Gasteiger partial charge in [-0.25, -0.2) is 4.79 Å². The highest BCUT2D eigenvalue weighted by Crippen LogP contribution is 2.31. The molecule has 0 saturated heterocycles. The summed E-state index contributed by atoms with van der Waals surface area (Å²) in [5, 5.41) is 13.6. The van der Waals surface area contributed by atoms with Crippen molar-refractivity contribution in [3.05, 3.63) is 57.9 Å². The van der Waals surface area contributed by atoms with Crippen molar-refractivity contribution in [3.8, 4) is 0 Å². The molecule has 1 aromatic heterocycles. The lowest BCUT2D eigenvalue weighted by Crippen LogP contribution is -2.40. The third-order valence-electron chi connectivity index (χ3n) is 6.96. The van der Waals surface area contributed by atoms with E-state index in [-0.39, 0.29) is 0 Å². The first-order chi connectivity index (χ1) is 13.3. The first-order valence-corrected chi connectivity index (χ1v) is 10.5.